The molecule has 148 valence electrons. The van der Waals surface area contributed by atoms with Crippen LogP contribution in [0.1, 0.15) is 44.7 Å². The van der Waals surface area contributed by atoms with Crippen molar-refractivity contribution < 1.29 is 19.1 Å². The Morgan fingerprint density at radius 1 is 1.18 bits per heavy atom. The predicted molar refractivity (Wildman–Crippen MR) is 109 cm³/mol. The van der Waals surface area contributed by atoms with Gasteiger partial charge in [0.1, 0.15) is 11.5 Å². The van der Waals surface area contributed by atoms with E-state index < -0.39 is 12.2 Å². The maximum atomic E-state index is 12.6. The summed E-state index contributed by atoms with van der Waals surface area (Å²) < 4.78 is 11.4. The number of fused-ring (bicyclic) bond motifs is 1. The normalized spacial score (nSPS) is 16.6. The van der Waals surface area contributed by atoms with Crippen LogP contribution in [0.5, 0.6) is 11.5 Å². The van der Waals surface area contributed by atoms with Crippen LogP contribution in [0.25, 0.3) is 0 Å². The Balaban J connectivity index is 1.69. The van der Waals surface area contributed by atoms with Gasteiger partial charge in [0.25, 0.3) is 11.8 Å². The van der Waals surface area contributed by atoms with Gasteiger partial charge >= 0.3 is 0 Å². The second-order valence-electron chi connectivity index (χ2n) is 7.39. The number of hydrogen-bond acceptors (Lipinski definition) is 4. The molecule has 1 aliphatic rings. The lowest BCUT2D eigenvalue weighted by molar-refractivity contribution is -0.123. The number of anilines is 2. The average molecular weight is 382 g/mol. The average Bonchev–Trinajstić information content (AvgIpc) is 2.64. The van der Waals surface area contributed by atoms with Crippen molar-refractivity contribution in [3.63, 3.8) is 0 Å². The number of aryl methyl sites for hydroxylation is 1. The summed E-state index contributed by atoms with van der Waals surface area (Å²) in [6.45, 7) is 9.58. The summed E-state index contributed by atoms with van der Waals surface area (Å²) in [5.41, 5.74) is 3.24. The van der Waals surface area contributed by atoms with E-state index in [2.05, 4.69) is 30.5 Å². The number of nitrogens with one attached hydrogen (secondary N) is 2. The first-order valence-electron chi connectivity index (χ1n) is 9.44. The van der Waals surface area contributed by atoms with Crippen LogP contribution in [0.15, 0.2) is 36.4 Å². The van der Waals surface area contributed by atoms with Crippen LogP contribution in [-0.2, 0) is 9.59 Å². The van der Waals surface area contributed by atoms with Crippen molar-refractivity contribution in [3.05, 3.63) is 47.5 Å². The van der Waals surface area contributed by atoms with Crippen molar-refractivity contribution in [3.8, 4) is 11.5 Å². The molecule has 0 aromatic heterocycles. The highest BCUT2D eigenvalue weighted by Gasteiger charge is 2.24. The van der Waals surface area contributed by atoms with Gasteiger partial charge in [-0.2, -0.15) is 0 Å². The topological polar surface area (TPSA) is 76.7 Å². The lowest BCUT2D eigenvalue weighted by Crippen LogP contribution is -2.34. The molecule has 2 atom stereocenters. The molecule has 0 fully saturated rings. The van der Waals surface area contributed by atoms with Gasteiger partial charge in [0.15, 0.2) is 12.2 Å². The van der Waals surface area contributed by atoms with Crippen molar-refractivity contribution in [1.29, 1.82) is 0 Å². The third-order valence-corrected chi connectivity index (χ3v) is 4.73. The SMILES string of the molecule is Cc1ccc(C(C)C)cc1OC(C)C(=O)Nc1ccc2c(c1)NC(=O)C(C)O2. The van der Waals surface area contributed by atoms with E-state index in [1.54, 1.807) is 32.0 Å². The Kier molecular flexibility index (Phi) is 5.58. The molecule has 6 nitrogen and oxygen atoms in total. The van der Waals surface area contributed by atoms with Gasteiger partial charge in [0.05, 0.1) is 5.69 Å². The standard InChI is InChI=1S/C22H26N2O4/c1-12(2)16-7-6-13(3)20(10-16)28-14(4)21(25)23-17-8-9-19-18(11-17)24-22(26)15(5)27-19/h6-12,14-15H,1-5H3,(H,23,25)(H,24,26). The minimum absolute atomic E-state index is 0.215. The third-order valence-electron chi connectivity index (χ3n) is 4.73. The van der Waals surface area contributed by atoms with E-state index in [0.717, 1.165) is 11.1 Å². The van der Waals surface area contributed by atoms with Gasteiger partial charge < -0.3 is 20.1 Å². The van der Waals surface area contributed by atoms with E-state index in [9.17, 15) is 9.59 Å². The first-order valence-corrected chi connectivity index (χ1v) is 9.44. The van der Waals surface area contributed by atoms with E-state index in [0.29, 0.717) is 28.8 Å². The van der Waals surface area contributed by atoms with Crippen LogP contribution >= 0.6 is 0 Å². The van der Waals surface area contributed by atoms with Crippen LogP contribution in [0.3, 0.4) is 0 Å². The van der Waals surface area contributed by atoms with Crippen LogP contribution < -0.4 is 20.1 Å². The lowest BCUT2D eigenvalue weighted by atomic mass is 10.0. The summed E-state index contributed by atoms with van der Waals surface area (Å²) in [5, 5.41) is 5.59. The Hall–Kier alpha value is -3.02. The zero-order valence-corrected chi connectivity index (χ0v) is 16.8. The quantitative estimate of drug-likeness (QED) is 0.811. The number of benzene rings is 2. The molecule has 2 N–H and O–H groups in total. The van der Waals surface area contributed by atoms with Gasteiger partial charge in [-0.3, -0.25) is 9.59 Å². The minimum Gasteiger partial charge on any atom is -0.481 e. The Labute approximate surface area is 165 Å². The van der Waals surface area contributed by atoms with Crippen molar-refractivity contribution in [2.24, 2.45) is 0 Å². The molecule has 1 aliphatic heterocycles. The van der Waals surface area contributed by atoms with Crippen LogP contribution in [0.2, 0.25) is 0 Å². The third kappa shape index (κ3) is 4.27. The van der Waals surface area contributed by atoms with Crippen LogP contribution in [-0.4, -0.2) is 24.0 Å². The summed E-state index contributed by atoms with van der Waals surface area (Å²) in [6, 6.07) is 11.2. The number of carbonyl (C=O) groups excluding carboxylic acids is 2. The van der Waals surface area contributed by atoms with E-state index in [4.69, 9.17) is 9.47 Å². The number of amides is 2. The molecule has 0 bridgehead atoms. The highest BCUT2D eigenvalue weighted by molar-refractivity contribution is 5.99. The molecule has 0 saturated carbocycles. The molecule has 6 heteroatoms. The smallest absolute Gasteiger partial charge is 0.265 e. The van der Waals surface area contributed by atoms with E-state index >= 15 is 0 Å². The second kappa shape index (κ2) is 7.92. The first-order chi connectivity index (χ1) is 13.2. The lowest BCUT2D eigenvalue weighted by Gasteiger charge is -2.24. The summed E-state index contributed by atoms with van der Waals surface area (Å²) in [4.78, 5) is 24.3. The summed E-state index contributed by atoms with van der Waals surface area (Å²) >= 11 is 0. The molecule has 0 saturated heterocycles. The second-order valence-corrected chi connectivity index (χ2v) is 7.39. The molecule has 2 aromatic carbocycles. The monoisotopic (exact) mass is 382 g/mol. The largest absolute Gasteiger partial charge is 0.481 e. The molecule has 0 spiro atoms. The van der Waals surface area contributed by atoms with E-state index in [1.165, 1.54) is 0 Å². The Morgan fingerprint density at radius 3 is 2.64 bits per heavy atom. The van der Waals surface area contributed by atoms with Crippen molar-refractivity contribution in [1.82, 2.24) is 0 Å². The van der Waals surface area contributed by atoms with Crippen molar-refractivity contribution in [2.75, 3.05) is 10.6 Å². The molecular weight excluding hydrogens is 356 g/mol. The molecule has 3 rings (SSSR count). The fraction of sp³-hybridized carbons (Fsp3) is 0.364. The zero-order valence-electron chi connectivity index (χ0n) is 16.8. The molecular formula is C22H26N2O4. The van der Waals surface area contributed by atoms with Crippen LogP contribution in [0.4, 0.5) is 11.4 Å². The molecule has 0 radical (unpaired) electrons. The molecule has 2 amide bonds. The van der Waals surface area contributed by atoms with Crippen LogP contribution in [0, 0.1) is 6.92 Å². The number of ether oxygens (including phenoxy) is 2. The Bertz CT molecular complexity index is 907. The summed E-state index contributed by atoms with van der Waals surface area (Å²) in [6.07, 6.45) is -1.21. The fourth-order valence-electron chi connectivity index (χ4n) is 2.88. The molecule has 1 heterocycles. The van der Waals surface area contributed by atoms with Gasteiger partial charge in [-0.05, 0) is 62.1 Å². The van der Waals surface area contributed by atoms with Crippen molar-refractivity contribution >= 4 is 23.2 Å². The summed E-state index contributed by atoms with van der Waals surface area (Å²) in [7, 11) is 0. The maximum absolute atomic E-state index is 12.6. The van der Waals surface area contributed by atoms with Gasteiger partial charge in [-0.1, -0.05) is 26.0 Å². The van der Waals surface area contributed by atoms with E-state index in [1.807, 2.05) is 19.1 Å². The highest BCUT2D eigenvalue weighted by Crippen LogP contribution is 2.32. The minimum atomic E-state index is -0.678. The first kappa shape index (κ1) is 19.7. The number of carbonyl (C=O) groups is 2. The van der Waals surface area contributed by atoms with Crippen molar-refractivity contribution in [2.45, 2.75) is 52.7 Å². The molecule has 0 aliphatic carbocycles. The molecule has 2 unspecified atom stereocenters. The van der Waals surface area contributed by atoms with Gasteiger partial charge in [0.2, 0.25) is 0 Å². The van der Waals surface area contributed by atoms with Gasteiger partial charge in [-0.25, -0.2) is 0 Å². The van der Waals surface area contributed by atoms with Gasteiger partial charge in [0, 0.05) is 5.69 Å². The number of rotatable bonds is 5. The highest BCUT2D eigenvalue weighted by atomic mass is 16.5. The van der Waals surface area contributed by atoms with Gasteiger partial charge in [-0.15, -0.1) is 0 Å². The maximum Gasteiger partial charge on any atom is 0.265 e. The summed E-state index contributed by atoms with van der Waals surface area (Å²) in [5.74, 6) is 1.17. The predicted octanol–water partition coefficient (Wildman–Crippen LogP) is 4.24. The Morgan fingerprint density at radius 2 is 1.93 bits per heavy atom. The molecule has 2 aromatic rings. The fourth-order valence-corrected chi connectivity index (χ4v) is 2.88. The molecule has 28 heavy (non-hydrogen) atoms. The zero-order chi connectivity index (χ0) is 20.4. The number of hydrogen-bond donors (Lipinski definition) is 2. The van der Waals surface area contributed by atoms with E-state index in [-0.39, 0.29) is 11.8 Å².